The second-order valence-electron chi connectivity index (χ2n) is 5.88. The Labute approximate surface area is 154 Å². The van der Waals surface area contributed by atoms with Crippen LogP contribution >= 0.6 is 11.6 Å². The minimum atomic E-state index is -3.99. The van der Waals surface area contributed by atoms with Crippen LogP contribution in [0, 0.1) is 11.6 Å². The summed E-state index contributed by atoms with van der Waals surface area (Å²) >= 11 is 5.86. The minimum Gasteiger partial charge on any atom is -0.311 e. The lowest BCUT2D eigenvalue weighted by Gasteiger charge is -2.17. The summed E-state index contributed by atoms with van der Waals surface area (Å²) in [5.41, 5.74) is 0.331. The molecule has 138 valence electrons. The molecule has 1 amide bonds. The summed E-state index contributed by atoms with van der Waals surface area (Å²) in [5, 5.41) is 0.000984. The van der Waals surface area contributed by atoms with Gasteiger partial charge in [-0.2, -0.15) is 0 Å². The Kier molecular flexibility index (Phi) is 5.27. The minimum absolute atomic E-state index is 0.000984. The van der Waals surface area contributed by atoms with E-state index in [0.29, 0.717) is 5.69 Å². The maximum Gasteiger partial charge on any atom is 0.245 e. The highest BCUT2D eigenvalue weighted by Gasteiger charge is 2.35. The van der Waals surface area contributed by atoms with Crippen molar-refractivity contribution in [2.45, 2.75) is 18.2 Å². The number of amides is 1. The van der Waals surface area contributed by atoms with Crippen LogP contribution in [-0.2, 0) is 20.6 Å². The number of hydrogen-bond donors (Lipinski definition) is 1. The summed E-state index contributed by atoms with van der Waals surface area (Å²) in [5.74, 6) is -2.27. The van der Waals surface area contributed by atoms with Gasteiger partial charge in [0.25, 0.3) is 0 Å². The van der Waals surface area contributed by atoms with Crippen LogP contribution in [0.5, 0.6) is 0 Å². The second kappa shape index (κ2) is 7.30. The van der Waals surface area contributed by atoms with Gasteiger partial charge in [0.2, 0.25) is 15.9 Å². The zero-order valence-electron chi connectivity index (χ0n) is 13.5. The fourth-order valence-corrected chi connectivity index (χ4v) is 4.50. The highest BCUT2D eigenvalue weighted by molar-refractivity contribution is 7.88. The monoisotopic (exact) mass is 400 g/mol. The molecule has 9 heteroatoms. The van der Waals surface area contributed by atoms with Crippen molar-refractivity contribution in [2.24, 2.45) is 0 Å². The molecule has 0 bridgehead atoms. The SMILES string of the molecule is O=C1[C@@H](NS(=O)(=O)Cc2c(F)cccc2Cl)CCN1c1ccc(F)cc1. The molecule has 1 fully saturated rings. The Morgan fingerprint density at radius 3 is 2.50 bits per heavy atom. The average Bonchev–Trinajstić information content (AvgIpc) is 2.92. The van der Waals surface area contributed by atoms with Crippen molar-refractivity contribution in [3.05, 3.63) is 64.7 Å². The van der Waals surface area contributed by atoms with Crippen molar-refractivity contribution in [3.8, 4) is 0 Å². The summed E-state index contributed by atoms with van der Waals surface area (Å²) in [4.78, 5) is 13.8. The highest BCUT2D eigenvalue weighted by Crippen LogP contribution is 2.24. The Morgan fingerprint density at radius 1 is 1.15 bits per heavy atom. The number of nitrogens with one attached hydrogen (secondary N) is 1. The normalized spacial score (nSPS) is 17.7. The van der Waals surface area contributed by atoms with Crippen LogP contribution < -0.4 is 9.62 Å². The van der Waals surface area contributed by atoms with Gasteiger partial charge < -0.3 is 4.90 Å². The maximum absolute atomic E-state index is 13.8. The largest absolute Gasteiger partial charge is 0.311 e. The summed E-state index contributed by atoms with van der Waals surface area (Å²) in [6, 6.07) is 8.27. The number of halogens is 3. The quantitative estimate of drug-likeness (QED) is 0.839. The molecule has 0 saturated carbocycles. The topological polar surface area (TPSA) is 66.5 Å². The van der Waals surface area contributed by atoms with Gasteiger partial charge in [0.15, 0.2) is 0 Å². The summed E-state index contributed by atoms with van der Waals surface area (Å²) < 4.78 is 53.8. The van der Waals surface area contributed by atoms with Crippen molar-refractivity contribution in [1.29, 1.82) is 0 Å². The molecule has 0 spiro atoms. The van der Waals surface area contributed by atoms with Gasteiger partial charge in [0.1, 0.15) is 17.7 Å². The first-order valence-electron chi connectivity index (χ1n) is 7.77. The van der Waals surface area contributed by atoms with Gasteiger partial charge in [-0.05, 0) is 42.8 Å². The molecule has 0 unspecified atom stereocenters. The lowest BCUT2D eigenvalue weighted by atomic mass is 10.2. The third-order valence-corrected chi connectivity index (χ3v) is 5.73. The predicted molar refractivity (Wildman–Crippen MR) is 94.3 cm³/mol. The molecule has 1 saturated heterocycles. The van der Waals surface area contributed by atoms with Crippen molar-refractivity contribution in [3.63, 3.8) is 0 Å². The van der Waals surface area contributed by atoms with Crippen LogP contribution in [-0.4, -0.2) is 26.9 Å². The van der Waals surface area contributed by atoms with Crippen molar-refractivity contribution >= 4 is 33.2 Å². The van der Waals surface area contributed by atoms with E-state index in [9.17, 15) is 22.0 Å². The number of anilines is 1. The Hall–Kier alpha value is -2.03. The number of rotatable bonds is 5. The van der Waals surface area contributed by atoms with Gasteiger partial charge >= 0.3 is 0 Å². The van der Waals surface area contributed by atoms with Crippen LogP contribution in [0.1, 0.15) is 12.0 Å². The third kappa shape index (κ3) is 4.03. The summed E-state index contributed by atoms with van der Waals surface area (Å²) in [6.45, 7) is 0.290. The molecule has 1 aliphatic heterocycles. The third-order valence-electron chi connectivity index (χ3n) is 4.06. The number of carbonyl (C=O) groups is 1. The molecule has 26 heavy (non-hydrogen) atoms. The Balaban J connectivity index is 1.72. The van der Waals surface area contributed by atoms with E-state index in [4.69, 9.17) is 11.6 Å². The van der Waals surface area contributed by atoms with Crippen LogP contribution in [0.2, 0.25) is 5.02 Å². The molecule has 2 aromatic rings. The van der Waals surface area contributed by atoms with E-state index in [0.717, 1.165) is 6.07 Å². The molecule has 0 radical (unpaired) electrons. The fourth-order valence-electron chi connectivity index (χ4n) is 2.79. The first-order valence-corrected chi connectivity index (χ1v) is 9.80. The van der Waals surface area contributed by atoms with Crippen molar-refractivity contribution < 1.29 is 22.0 Å². The van der Waals surface area contributed by atoms with Crippen LogP contribution in [0.3, 0.4) is 0 Å². The number of carbonyl (C=O) groups excluding carboxylic acids is 1. The smallest absolute Gasteiger partial charge is 0.245 e. The lowest BCUT2D eigenvalue weighted by molar-refractivity contribution is -0.118. The zero-order chi connectivity index (χ0) is 18.9. The van der Waals surface area contributed by atoms with Gasteiger partial charge in [-0.25, -0.2) is 21.9 Å². The highest BCUT2D eigenvalue weighted by atomic mass is 35.5. The zero-order valence-corrected chi connectivity index (χ0v) is 15.0. The van der Waals surface area contributed by atoms with E-state index in [1.165, 1.54) is 41.3 Å². The van der Waals surface area contributed by atoms with E-state index in [-0.39, 0.29) is 23.6 Å². The maximum atomic E-state index is 13.8. The van der Waals surface area contributed by atoms with Gasteiger partial charge in [-0.3, -0.25) is 4.79 Å². The van der Waals surface area contributed by atoms with Crippen LogP contribution in [0.15, 0.2) is 42.5 Å². The molecule has 1 atom stereocenters. The average molecular weight is 401 g/mol. The number of hydrogen-bond acceptors (Lipinski definition) is 3. The molecule has 3 rings (SSSR count). The lowest BCUT2D eigenvalue weighted by Crippen LogP contribution is -2.42. The van der Waals surface area contributed by atoms with E-state index < -0.39 is 39.4 Å². The van der Waals surface area contributed by atoms with E-state index in [2.05, 4.69) is 4.72 Å². The van der Waals surface area contributed by atoms with Gasteiger partial charge in [0, 0.05) is 22.8 Å². The van der Waals surface area contributed by atoms with Gasteiger partial charge in [-0.1, -0.05) is 17.7 Å². The molecule has 0 aromatic heterocycles. The Bertz CT molecular complexity index is 915. The summed E-state index contributed by atoms with van der Waals surface area (Å²) in [6.07, 6.45) is 0.250. The molecule has 0 aliphatic carbocycles. The molecule has 1 aliphatic rings. The molecular weight excluding hydrogens is 386 g/mol. The summed E-state index contributed by atoms with van der Waals surface area (Å²) in [7, 11) is -3.99. The van der Waals surface area contributed by atoms with Crippen LogP contribution in [0.25, 0.3) is 0 Å². The first kappa shape index (κ1) is 18.8. The van der Waals surface area contributed by atoms with E-state index >= 15 is 0 Å². The Morgan fingerprint density at radius 2 is 1.85 bits per heavy atom. The molecule has 2 aromatic carbocycles. The van der Waals surface area contributed by atoms with E-state index in [1.807, 2.05) is 0 Å². The van der Waals surface area contributed by atoms with Gasteiger partial charge in [0.05, 0.1) is 5.75 Å². The first-order chi connectivity index (χ1) is 12.3. The molecule has 1 N–H and O–H groups in total. The van der Waals surface area contributed by atoms with Crippen molar-refractivity contribution in [1.82, 2.24) is 4.72 Å². The molecule has 5 nitrogen and oxygen atoms in total. The number of sulfonamides is 1. The second-order valence-corrected chi connectivity index (χ2v) is 8.05. The van der Waals surface area contributed by atoms with E-state index in [1.54, 1.807) is 0 Å². The number of nitrogens with zero attached hydrogens (tertiary/aromatic N) is 1. The molecular formula is C17H15ClF2N2O3S. The number of benzene rings is 2. The van der Waals surface area contributed by atoms with Crippen LogP contribution in [0.4, 0.5) is 14.5 Å². The fraction of sp³-hybridized carbons (Fsp3) is 0.235. The van der Waals surface area contributed by atoms with Crippen molar-refractivity contribution in [2.75, 3.05) is 11.4 Å². The molecule has 1 heterocycles. The predicted octanol–water partition coefficient (Wildman–Crippen LogP) is 2.84. The standard InChI is InChI=1S/C17H15ClF2N2O3S/c18-14-2-1-3-15(20)13(14)10-26(24,25)21-16-8-9-22(17(16)23)12-6-4-11(19)5-7-12/h1-7,16,21H,8-10H2/t16-/m0/s1. The van der Waals surface area contributed by atoms with Gasteiger partial charge in [-0.15, -0.1) is 0 Å².